The Kier molecular flexibility index (Phi) is 8.45. The van der Waals surface area contributed by atoms with Crippen LogP contribution in [0, 0.1) is 0 Å². The lowest BCUT2D eigenvalue weighted by Gasteiger charge is -2.14. The third-order valence-corrected chi connectivity index (χ3v) is 4.04. The Balaban J connectivity index is 2.01. The van der Waals surface area contributed by atoms with E-state index in [-0.39, 0.29) is 0 Å². The summed E-state index contributed by atoms with van der Waals surface area (Å²) in [5, 5.41) is 6.62. The van der Waals surface area contributed by atoms with Crippen LogP contribution < -0.4 is 20.1 Å². The number of methoxy groups -OCH3 is 3. The van der Waals surface area contributed by atoms with E-state index in [1.54, 1.807) is 21.3 Å². The van der Waals surface area contributed by atoms with E-state index in [9.17, 15) is 0 Å². The number of aliphatic imine (C=N–C) groups is 1. The number of hydrogen-bond acceptors (Lipinski definition) is 4. The van der Waals surface area contributed by atoms with Gasteiger partial charge in [0, 0.05) is 31.8 Å². The maximum atomic E-state index is 5.45. The van der Waals surface area contributed by atoms with Crippen molar-refractivity contribution in [1.29, 1.82) is 0 Å². The highest BCUT2D eigenvalue weighted by Gasteiger charge is 2.06. The van der Waals surface area contributed by atoms with Crippen molar-refractivity contribution in [2.75, 3.05) is 27.9 Å². The van der Waals surface area contributed by atoms with E-state index in [0.717, 1.165) is 40.7 Å². The molecule has 6 heteroatoms. The molecule has 0 aliphatic carbocycles. The summed E-state index contributed by atoms with van der Waals surface area (Å²) in [7, 11) is 5.00. The van der Waals surface area contributed by atoms with Gasteiger partial charge in [0.2, 0.25) is 0 Å². The summed E-state index contributed by atoms with van der Waals surface area (Å²) in [4.78, 5) is 4.66. The molecular weight excluding hydrogens is 342 g/mol. The van der Waals surface area contributed by atoms with E-state index in [1.165, 1.54) is 0 Å². The van der Waals surface area contributed by atoms with Gasteiger partial charge < -0.3 is 24.8 Å². The number of rotatable bonds is 9. The molecule has 0 unspecified atom stereocenters. The van der Waals surface area contributed by atoms with E-state index in [2.05, 4.69) is 39.9 Å². The molecule has 2 N–H and O–H groups in total. The molecule has 0 spiro atoms. The summed E-state index contributed by atoms with van der Waals surface area (Å²) in [6.07, 6.45) is 0. The Morgan fingerprint density at radius 3 is 2.30 bits per heavy atom. The molecule has 0 radical (unpaired) electrons. The van der Waals surface area contributed by atoms with Gasteiger partial charge in [-0.1, -0.05) is 24.3 Å². The summed E-state index contributed by atoms with van der Waals surface area (Å²) in [6.45, 7) is 4.66. The van der Waals surface area contributed by atoms with Gasteiger partial charge in [-0.05, 0) is 30.2 Å². The highest BCUT2D eigenvalue weighted by atomic mass is 16.5. The van der Waals surface area contributed by atoms with Gasteiger partial charge in [0.25, 0.3) is 0 Å². The first-order valence-corrected chi connectivity index (χ1v) is 9.00. The average Bonchev–Trinajstić information content (AvgIpc) is 2.71. The van der Waals surface area contributed by atoms with E-state index < -0.39 is 0 Å². The third-order valence-electron chi connectivity index (χ3n) is 4.04. The number of nitrogens with one attached hydrogen (secondary N) is 2. The minimum absolute atomic E-state index is 0.600. The van der Waals surface area contributed by atoms with Crippen molar-refractivity contribution in [3.8, 4) is 11.5 Å². The van der Waals surface area contributed by atoms with Crippen molar-refractivity contribution in [3.05, 3.63) is 59.2 Å². The number of nitrogens with zero attached hydrogens (tertiary/aromatic N) is 1. The van der Waals surface area contributed by atoms with Crippen LogP contribution in [0.25, 0.3) is 0 Å². The second-order valence-corrected chi connectivity index (χ2v) is 5.98. The number of guanidine groups is 1. The summed E-state index contributed by atoms with van der Waals surface area (Å²) < 4.78 is 15.8. The molecule has 2 aromatic rings. The molecule has 0 saturated carbocycles. The average molecular weight is 371 g/mol. The fourth-order valence-electron chi connectivity index (χ4n) is 2.60. The van der Waals surface area contributed by atoms with Crippen molar-refractivity contribution in [2.24, 2.45) is 4.99 Å². The monoisotopic (exact) mass is 371 g/mol. The zero-order valence-electron chi connectivity index (χ0n) is 16.5. The standard InChI is InChI=1S/C21H29N3O3/c1-5-22-21(23-13-16-6-8-17(9-7-16)15-25-2)24-14-18-10-11-19(26-3)12-20(18)27-4/h6-12H,5,13-15H2,1-4H3,(H2,22,23,24). The van der Waals surface area contributed by atoms with Crippen LogP contribution in [-0.2, 0) is 24.4 Å². The molecule has 0 atom stereocenters. The van der Waals surface area contributed by atoms with Crippen LogP contribution in [0.4, 0.5) is 0 Å². The van der Waals surface area contributed by atoms with Gasteiger partial charge in [0.1, 0.15) is 11.5 Å². The van der Waals surface area contributed by atoms with E-state index >= 15 is 0 Å². The third kappa shape index (κ3) is 6.49. The summed E-state index contributed by atoms with van der Waals surface area (Å²) >= 11 is 0. The molecule has 146 valence electrons. The molecule has 0 aliphatic heterocycles. The Morgan fingerprint density at radius 2 is 1.67 bits per heavy atom. The van der Waals surface area contributed by atoms with Crippen LogP contribution in [0.5, 0.6) is 11.5 Å². The maximum absolute atomic E-state index is 5.45. The van der Waals surface area contributed by atoms with Crippen molar-refractivity contribution < 1.29 is 14.2 Å². The molecule has 0 aromatic heterocycles. The van der Waals surface area contributed by atoms with Gasteiger partial charge in [-0.3, -0.25) is 0 Å². The Bertz CT molecular complexity index is 730. The van der Waals surface area contributed by atoms with Crippen LogP contribution in [0.2, 0.25) is 0 Å². The van der Waals surface area contributed by atoms with Crippen molar-refractivity contribution in [2.45, 2.75) is 26.6 Å². The van der Waals surface area contributed by atoms with Crippen LogP contribution in [0.3, 0.4) is 0 Å². The summed E-state index contributed by atoms with van der Waals surface area (Å²) in [6, 6.07) is 14.1. The topological polar surface area (TPSA) is 64.1 Å². The zero-order valence-corrected chi connectivity index (χ0v) is 16.5. The Hall–Kier alpha value is -2.73. The lowest BCUT2D eigenvalue weighted by atomic mass is 10.1. The molecule has 2 rings (SSSR count). The maximum Gasteiger partial charge on any atom is 0.191 e. The van der Waals surface area contributed by atoms with Crippen molar-refractivity contribution in [1.82, 2.24) is 10.6 Å². The molecule has 0 bridgehead atoms. The first-order chi connectivity index (χ1) is 13.2. The molecule has 0 amide bonds. The first kappa shape index (κ1) is 20.6. The van der Waals surface area contributed by atoms with Gasteiger partial charge in [-0.2, -0.15) is 0 Å². The second-order valence-electron chi connectivity index (χ2n) is 5.98. The quantitative estimate of drug-likeness (QED) is 0.524. The SMILES string of the molecule is CCNC(=NCc1ccc(COC)cc1)NCc1ccc(OC)cc1OC. The van der Waals surface area contributed by atoms with Gasteiger partial charge in [0.05, 0.1) is 27.4 Å². The van der Waals surface area contributed by atoms with Crippen molar-refractivity contribution >= 4 is 5.96 Å². The molecule has 0 fully saturated rings. The lowest BCUT2D eigenvalue weighted by molar-refractivity contribution is 0.185. The van der Waals surface area contributed by atoms with E-state index in [4.69, 9.17) is 14.2 Å². The predicted molar refractivity (Wildman–Crippen MR) is 108 cm³/mol. The highest BCUT2D eigenvalue weighted by Crippen LogP contribution is 2.24. The molecule has 2 aromatic carbocycles. The van der Waals surface area contributed by atoms with Gasteiger partial charge in [-0.25, -0.2) is 4.99 Å². The van der Waals surface area contributed by atoms with Crippen LogP contribution >= 0.6 is 0 Å². The number of hydrogen-bond donors (Lipinski definition) is 2. The minimum Gasteiger partial charge on any atom is -0.497 e. The smallest absolute Gasteiger partial charge is 0.191 e. The minimum atomic E-state index is 0.600. The molecule has 0 heterocycles. The Morgan fingerprint density at radius 1 is 0.926 bits per heavy atom. The highest BCUT2D eigenvalue weighted by molar-refractivity contribution is 5.79. The summed E-state index contributed by atoms with van der Waals surface area (Å²) in [5.74, 6) is 2.32. The van der Waals surface area contributed by atoms with E-state index in [1.807, 2.05) is 25.1 Å². The van der Waals surface area contributed by atoms with Crippen LogP contribution in [0.15, 0.2) is 47.5 Å². The number of benzene rings is 2. The predicted octanol–water partition coefficient (Wildman–Crippen LogP) is 3.11. The molecular formula is C21H29N3O3. The second kappa shape index (κ2) is 11.1. The van der Waals surface area contributed by atoms with Crippen molar-refractivity contribution in [3.63, 3.8) is 0 Å². The summed E-state index contributed by atoms with van der Waals surface area (Å²) in [5.41, 5.74) is 3.34. The van der Waals surface area contributed by atoms with Crippen LogP contribution in [0.1, 0.15) is 23.6 Å². The number of ether oxygens (including phenoxy) is 3. The van der Waals surface area contributed by atoms with Crippen LogP contribution in [-0.4, -0.2) is 33.8 Å². The van der Waals surface area contributed by atoms with Gasteiger partial charge in [-0.15, -0.1) is 0 Å². The molecule has 27 heavy (non-hydrogen) atoms. The Labute approximate surface area is 161 Å². The normalized spacial score (nSPS) is 11.2. The van der Waals surface area contributed by atoms with Gasteiger partial charge in [0.15, 0.2) is 5.96 Å². The first-order valence-electron chi connectivity index (χ1n) is 9.00. The largest absolute Gasteiger partial charge is 0.497 e. The fraction of sp³-hybridized carbons (Fsp3) is 0.381. The lowest BCUT2D eigenvalue weighted by Crippen LogP contribution is -2.36. The fourth-order valence-corrected chi connectivity index (χ4v) is 2.60. The molecule has 0 saturated heterocycles. The molecule has 6 nitrogen and oxygen atoms in total. The van der Waals surface area contributed by atoms with Gasteiger partial charge >= 0.3 is 0 Å². The van der Waals surface area contributed by atoms with E-state index in [0.29, 0.717) is 19.7 Å². The molecule has 0 aliphatic rings. The zero-order chi connectivity index (χ0) is 19.5.